The van der Waals surface area contributed by atoms with E-state index in [1.165, 1.54) is 36.7 Å². The van der Waals surface area contributed by atoms with Crippen LogP contribution in [-0.2, 0) is 10.0 Å². The van der Waals surface area contributed by atoms with Crippen LogP contribution in [0.5, 0.6) is 0 Å². The minimum absolute atomic E-state index is 0.0500. The highest BCUT2D eigenvalue weighted by Crippen LogP contribution is 2.27. The van der Waals surface area contributed by atoms with Gasteiger partial charge in [0.1, 0.15) is 15.7 Å². The minimum Gasteiger partial charge on any atom is -0.388 e. The quantitative estimate of drug-likeness (QED) is 0.325. The highest BCUT2D eigenvalue weighted by molar-refractivity contribution is 7.92. The van der Waals surface area contributed by atoms with E-state index in [4.69, 9.17) is 11.6 Å². The number of urea groups is 1. The maximum atomic E-state index is 13.0. The molecule has 11 nitrogen and oxygen atoms in total. The van der Waals surface area contributed by atoms with Gasteiger partial charge in [-0.05, 0) is 47.6 Å². The van der Waals surface area contributed by atoms with Gasteiger partial charge < -0.3 is 10.6 Å². The van der Waals surface area contributed by atoms with Crippen LogP contribution in [0.1, 0.15) is 0 Å². The molecule has 0 unspecified atom stereocenters. The molecule has 0 saturated carbocycles. The Kier molecular flexibility index (Phi) is 6.32. The number of nitrogens with zero attached hydrogens (tertiary/aromatic N) is 3. The summed E-state index contributed by atoms with van der Waals surface area (Å²) in [6.07, 6.45) is 2.51. The van der Waals surface area contributed by atoms with Crippen molar-refractivity contribution in [1.82, 2.24) is 14.3 Å². The lowest BCUT2D eigenvalue weighted by Gasteiger charge is -2.11. The van der Waals surface area contributed by atoms with Crippen LogP contribution in [0, 0.1) is 4.91 Å². The van der Waals surface area contributed by atoms with E-state index >= 15 is 0 Å². The van der Waals surface area contributed by atoms with Crippen molar-refractivity contribution in [2.24, 2.45) is 5.18 Å². The minimum atomic E-state index is -4.09. The van der Waals surface area contributed by atoms with Crippen LogP contribution in [0.4, 0.5) is 21.9 Å². The number of anilines is 2. The second kappa shape index (κ2) is 9.21. The first-order chi connectivity index (χ1) is 16.2. The zero-order valence-corrected chi connectivity index (χ0v) is 19.7. The number of thiophene rings is 1. The molecule has 14 heteroatoms. The van der Waals surface area contributed by atoms with Crippen LogP contribution in [0.25, 0.3) is 16.6 Å². The molecule has 0 fully saturated rings. The number of sulfonamides is 1. The van der Waals surface area contributed by atoms with E-state index in [0.717, 1.165) is 15.9 Å². The average molecular weight is 519 g/mol. The maximum Gasteiger partial charge on any atom is 0.333 e. The second-order valence-electron chi connectivity index (χ2n) is 6.81. The number of nitrogens with one attached hydrogen (secondary N) is 3. The van der Waals surface area contributed by atoms with Crippen LogP contribution in [-0.4, -0.2) is 31.0 Å². The van der Waals surface area contributed by atoms with Crippen molar-refractivity contribution in [1.29, 1.82) is 0 Å². The summed E-state index contributed by atoms with van der Waals surface area (Å²) in [6, 6.07) is 9.45. The Bertz CT molecular complexity index is 1580. The standard InChI is InChI=1S/C20H15ClN6O5S2/c1-22-11-2-4-13-14(8-11)15(25-30)10-27(19(13)28)17-6-3-12(9-23-17)24-20(29)26-34(31,32)18-7-5-16(21)33-18/h2-10,22H,1H3,(H2,24,26,29). The van der Waals surface area contributed by atoms with Crippen LogP contribution >= 0.6 is 22.9 Å². The van der Waals surface area contributed by atoms with E-state index in [9.17, 15) is 22.9 Å². The molecule has 0 saturated heterocycles. The zero-order chi connectivity index (χ0) is 24.5. The summed E-state index contributed by atoms with van der Waals surface area (Å²) in [6.45, 7) is 0. The van der Waals surface area contributed by atoms with Gasteiger partial charge in [-0.3, -0.25) is 9.36 Å². The molecule has 0 atom stereocenters. The monoisotopic (exact) mass is 518 g/mol. The van der Waals surface area contributed by atoms with E-state index in [0.29, 0.717) is 11.1 Å². The number of fused-ring (bicyclic) bond motifs is 1. The SMILES string of the molecule is CNc1ccc2c(=O)n(-c3ccc(NC(=O)NS(=O)(=O)c4ccc(Cl)s4)cn3)cc(N=O)c2c1. The van der Waals surface area contributed by atoms with Crippen LogP contribution in [0.2, 0.25) is 4.34 Å². The molecule has 3 N–H and O–H groups in total. The number of benzene rings is 1. The fraction of sp³-hybridized carbons (Fsp3) is 0.0500. The third kappa shape index (κ3) is 4.62. The van der Waals surface area contributed by atoms with Crippen LogP contribution < -0.4 is 20.9 Å². The molecule has 3 heterocycles. The van der Waals surface area contributed by atoms with Crippen molar-refractivity contribution >= 4 is 66.8 Å². The van der Waals surface area contributed by atoms with Gasteiger partial charge in [-0.1, -0.05) is 11.6 Å². The van der Waals surface area contributed by atoms with Gasteiger partial charge in [-0.25, -0.2) is 22.9 Å². The van der Waals surface area contributed by atoms with Gasteiger partial charge in [0.2, 0.25) is 0 Å². The Labute approximate surface area is 201 Å². The number of aromatic nitrogens is 2. The van der Waals surface area contributed by atoms with Crippen molar-refractivity contribution in [3.05, 3.63) is 74.5 Å². The maximum absolute atomic E-state index is 13.0. The lowest BCUT2D eigenvalue weighted by Crippen LogP contribution is -2.34. The lowest BCUT2D eigenvalue weighted by molar-refractivity contribution is 0.256. The van der Waals surface area contributed by atoms with E-state index in [2.05, 4.69) is 20.8 Å². The number of rotatable bonds is 6. The molecule has 0 aliphatic carbocycles. The lowest BCUT2D eigenvalue weighted by atomic mass is 10.1. The predicted octanol–water partition coefficient (Wildman–Crippen LogP) is 4.05. The van der Waals surface area contributed by atoms with Gasteiger partial charge in [-0.15, -0.1) is 16.2 Å². The number of hydrogen-bond acceptors (Lipinski definition) is 9. The summed E-state index contributed by atoms with van der Waals surface area (Å²) < 4.78 is 27.6. The molecule has 34 heavy (non-hydrogen) atoms. The fourth-order valence-corrected chi connectivity index (χ4v) is 5.48. The van der Waals surface area contributed by atoms with Crippen LogP contribution in [0.15, 0.2) is 69.0 Å². The average Bonchev–Trinajstić information content (AvgIpc) is 3.27. The van der Waals surface area contributed by atoms with E-state index in [1.54, 1.807) is 25.2 Å². The first kappa shape index (κ1) is 23.4. The van der Waals surface area contributed by atoms with Gasteiger partial charge in [0, 0.05) is 24.3 Å². The van der Waals surface area contributed by atoms with Crippen molar-refractivity contribution in [2.45, 2.75) is 4.21 Å². The molecule has 0 aliphatic heterocycles. The molecular weight excluding hydrogens is 504 g/mol. The Morgan fingerprint density at radius 3 is 2.50 bits per heavy atom. The molecular formula is C20H15ClN6O5S2. The number of halogens is 1. The van der Waals surface area contributed by atoms with E-state index in [-0.39, 0.29) is 31.1 Å². The van der Waals surface area contributed by atoms with Crippen molar-refractivity contribution in [3.8, 4) is 5.82 Å². The topological polar surface area (TPSA) is 152 Å². The first-order valence-electron chi connectivity index (χ1n) is 9.48. The Hall–Kier alpha value is -3.81. The molecule has 0 aliphatic rings. The van der Waals surface area contributed by atoms with Crippen molar-refractivity contribution in [3.63, 3.8) is 0 Å². The molecule has 0 spiro atoms. The van der Waals surface area contributed by atoms with Crippen molar-refractivity contribution < 1.29 is 13.2 Å². The molecule has 0 radical (unpaired) electrons. The normalized spacial score (nSPS) is 11.2. The fourth-order valence-electron chi connectivity index (χ4n) is 3.09. The number of pyridine rings is 2. The third-order valence-corrected chi connectivity index (χ3v) is 7.73. The number of nitroso groups, excluding NO2 is 1. The zero-order valence-electron chi connectivity index (χ0n) is 17.3. The molecule has 2 amide bonds. The first-order valence-corrected chi connectivity index (χ1v) is 12.2. The Morgan fingerprint density at radius 1 is 1.12 bits per heavy atom. The molecule has 174 valence electrons. The van der Waals surface area contributed by atoms with Gasteiger partial charge >= 0.3 is 6.03 Å². The highest BCUT2D eigenvalue weighted by atomic mass is 35.5. The van der Waals surface area contributed by atoms with Gasteiger partial charge in [0.25, 0.3) is 15.6 Å². The number of amides is 2. The molecule has 4 rings (SSSR count). The Morgan fingerprint density at radius 2 is 1.88 bits per heavy atom. The third-order valence-electron chi connectivity index (χ3n) is 4.68. The number of hydrogen-bond donors (Lipinski definition) is 3. The van der Waals surface area contributed by atoms with E-state index < -0.39 is 21.6 Å². The largest absolute Gasteiger partial charge is 0.388 e. The predicted molar refractivity (Wildman–Crippen MR) is 131 cm³/mol. The molecule has 0 bridgehead atoms. The summed E-state index contributed by atoms with van der Waals surface area (Å²) in [4.78, 5) is 40.6. The molecule has 4 aromatic rings. The van der Waals surface area contributed by atoms with Gasteiger partial charge in [0.05, 0.1) is 21.6 Å². The summed E-state index contributed by atoms with van der Waals surface area (Å²) in [7, 11) is -2.38. The summed E-state index contributed by atoms with van der Waals surface area (Å²) in [5, 5.41) is 8.98. The smallest absolute Gasteiger partial charge is 0.333 e. The summed E-state index contributed by atoms with van der Waals surface area (Å²) in [5.41, 5.74) is 0.512. The van der Waals surface area contributed by atoms with Crippen molar-refractivity contribution in [2.75, 3.05) is 17.7 Å². The summed E-state index contributed by atoms with van der Waals surface area (Å²) in [5.74, 6) is 0.168. The summed E-state index contributed by atoms with van der Waals surface area (Å²) >= 11 is 6.55. The molecule has 1 aromatic carbocycles. The van der Waals surface area contributed by atoms with E-state index in [1.807, 2.05) is 4.72 Å². The Balaban J connectivity index is 1.58. The number of carbonyl (C=O) groups excluding carboxylic acids is 1. The highest BCUT2D eigenvalue weighted by Gasteiger charge is 2.20. The van der Waals surface area contributed by atoms with Gasteiger partial charge in [0.15, 0.2) is 0 Å². The van der Waals surface area contributed by atoms with Gasteiger partial charge in [-0.2, -0.15) is 0 Å². The number of carbonyl (C=O) groups is 1. The van der Waals surface area contributed by atoms with Crippen LogP contribution in [0.3, 0.4) is 0 Å². The second-order valence-corrected chi connectivity index (χ2v) is 10.4. The molecule has 3 aromatic heterocycles.